The van der Waals surface area contributed by atoms with E-state index in [4.69, 9.17) is 14.5 Å². The largest absolute Gasteiger partial charge is 0.460 e. The van der Waals surface area contributed by atoms with Crippen molar-refractivity contribution in [2.24, 2.45) is 0 Å². The number of nitrogens with zero attached hydrogens (tertiary/aromatic N) is 1. The number of carbonyl (C=O) groups excluding carboxylic acids is 2. The van der Waals surface area contributed by atoms with Crippen molar-refractivity contribution >= 4 is 11.9 Å². The Morgan fingerprint density at radius 1 is 1.30 bits per heavy atom. The van der Waals surface area contributed by atoms with Gasteiger partial charge in [-0.1, -0.05) is 0 Å². The fourth-order valence-electron chi connectivity index (χ4n) is 2.13. The first kappa shape index (κ1) is 15.0. The third kappa shape index (κ3) is 3.80. The molecule has 3 rings (SSSR count). The van der Waals surface area contributed by atoms with Crippen LogP contribution in [-0.4, -0.2) is 41.3 Å². The maximum Gasteiger partial charge on any atom is 0.306 e. The highest BCUT2D eigenvalue weighted by atomic mass is 17.2. The molecular formula is C14H21NO5. The van der Waals surface area contributed by atoms with E-state index in [9.17, 15) is 9.59 Å². The van der Waals surface area contributed by atoms with E-state index in [1.165, 1.54) is 0 Å². The average Bonchev–Trinajstić information content (AvgIpc) is 2.36. The minimum absolute atomic E-state index is 0.0824. The fraction of sp³-hybridized carbons (Fsp3) is 0.714. The van der Waals surface area contributed by atoms with Crippen LogP contribution < -0.4 is 0 Å². The van der Waals surface area contributed by atoms with Crippen LogP contribution in [0.25, 0.3) is 0 Å². The van der Waals surface area contributed by atoms with Crippen LogP contribution in [0.2, 0.25) is 0 Å². The molecule has 0 spiro atoms. The Morgan fingerprint density at radius 2 is 2.05 bits per heavy atom. The predicted octanol–water partition coefficient (Wildman–Crippen LogP) is 1.55. The van der Waals surface area contributed by atoms with E-state index in [0.717, 1.165) is 6.42 Å². The molecule has 3 aliphatic heterocycles. The van der Waals surface area contributed by atoms with E-state index in [0.29, 0.717) is 19.4 Å². The van der Waals surface area contributed by atoms with Crippen molar-refractivity contribution in [3.8, 4) is 0 Å². The lowest BCUT2D eigenvalue weighted by Crippen LogP contribution is -2.54. The van der Waals surface area contributed by atoms with Gasteiger partial charge in [0, 0.05) is 13.0 Å². The zero-order chi connectivity index (χ0) is 14.8. The minimum Gasteiger partial charge on any atom is -0.460 e. The zero-order valence-electron chi connectivity index (χ0n) is 12.1. The first-order chi connectivity index (χ1) is 9.37. The lowest BCUT2D eigenvalue weighted by atomic mass is 10.1. The number of amides is 1. The molecule has 6 nitrogen and oxygen atoms in total. The van der Waals surface area contributed by atoms with Gasteiger partial charge in [0.2, 0.25) is 0 Å². The first-order valence-electron chi connectivity index (χ1n) is 6.89. The molecule has 1 amide bonds. The average molecular weight is 283 g/mol. The van der Waals surface area contributed by atoms with Crippen LogP contribution >= 0.6 is 0 Å². The van der Waals surface area contributed by atoms with Gasteiger partial charge >= 0.3 is 5.97 Å². The number of ether oxygens (including phenoxy) is 1. The van der Waals surface area contributed by atoms with Crippen molar-refractivity contribution < 1.29 is 24.1 Å². The fourth-order valence-corrected chi connectivity index (χ4v) is 2.13. The Balaban J connectivity index is 1.68. The summed E-state index contributed by atoms with van der Waals surface area (Å²) in [7, 11) is 0. The molecule has 112 valence electrons. The molecule has 1 fully saturated rings. The molecule has 1 saturated heterocycles. The summed E-state index contributed by atoms with van der Waals surface area (Å²) in [6.45, 7) is 6.09. The summed E-state index contributed by atoms with van der Waals surface area (Å²) >= 11 is 0. The number of esters is 1. The summed E-state index contributed by atoms with van der Waals surface area (Å²) in [6.07, 6.45) is 4.23. The third-order valence-corrected chi connectivity index (χ3v) is 2.99. The van der Waals surface area contributed by atoms with Crippen LogP contribution in [0.15, 0.2) is 12.2 Å². The van der Waals surface area contributed by atoms with Crippen molar-refractivity contribution in [1.29, 1.82) is 0 Å². The highest BCUT2D eigenvalue weighted by Crippen LogP contribution is 2.23. The molecule has 3 heterocycles. The van der Waals surface area contributed by atoms with Gasteiger partial charge in [-0.05, 0) is 45.8 Å². The molecular weight excluding hydrogens is 262 g/mol. The lowest BCUT2D eigenvalue weighted by molar-refractivity contribution is -0.375. The van der Waals surface area contributed by atoms with E-state index in [1.54, 1.807) is 11.0 Å². The highest BCUT2D eigenvalue weighted by molar-refractivity contribution is 5.84. The Labute approximate surface area is 118 Å². The monoisotopic (exact) mass is 283 g/mol. The van der Waals surface area contributed by atoms with Gasteiger partial charge in [-0.2, -0.15) is 0 Å². The highest BCUT2D eigenvalue weighted by Gasteiger charge is 2.38. The van der Waals surface area contributed by atoms with E-state index in [2.05, 4.69) is 0 Å². The SMILES string of the molecule is CC(C)(C)OC(=O)CCCCN1C(=O)C2C=CC1OO2. The smallest absolute Gasteiger partial charge is 0.306 e. The molecule has 6 heteroatoms. The van der Waals surface area contributed by atoms with Gasteiger partial charge in [0.1, 0.15) is 5.60 Å². The molecule has 0 aromatic heterocycles. The van der Waals surface area contributed by atoms with Crippen molar-refractivity contribution in [1.82, 2.24) is 4.90 Å². The second-order valence-corrected chi connectivity index (χ2v) is 5.96. The molecule has 0 radical (unpaired) electrons. The minimum atomic E-state index is -0.620. The molecule has 2 unspecified atom stereocenters. The van der Waals surface area contributed by atoms with Gasteiger partial charge < -0.3 is 9.64 Å². The van der Waals surface area contributed by atoms with Gasteiger partial charge in [0.15, 0.2) is 12.3 Å². The number of hydrogen-bond acceptors (Lipinski definition) is 5. The Morgan fingerprint density at radius 3 is 2.60 bits per heavy atom. The van der Waals surface area contributed by atoms with Gasteiger partial charge in [0.05, 0.1) is 0 Å². The van der Waals surface area contributed by atoms with Gasteiger partial charge in [-0.25, -0.2) is 9.78 Å². The second-order valence-electron chi connectivity index (χ2n) is 5.96. The maximum atomic E-state index is 11.9. The molecule has 0 aliphatic carbocycles. The quantitative estimate of drug-likeness (QED) is 0.331. The number of unbranched alkanes of at least 4 members (excludes halogenated alkanes) is 1. The van der Waals surface area contributed by atoms with Crippen molar-refractivity contribution in [3.05, 3.63) is 12.2 Å². The van der Waals surface area contributed by atoms with Crippen LogP contribution in [0.5, 0.6) is 0 Å². The summed E-state index contributed by atoms with van der Waals surface area (Å²) in [5, 5.41) is 0. The molecule has 20 heavy (non-hydrogen) atoms. The van der Waals surface area contributed by atoms with Crippen molar-refractivity contribution in [2.45, 2.75) is 58.0 Å². The van der Waals surface area contributed by atoms with Gasteiger partial charge in [-0.3, -0.25) is 9.59 Å². The molecule has 0 N–H and O–H groups in total. The predicted molar refractivity (Wildman–Crippen MR) is 70.3 cm³/mol. The molecule has 0 aromatic rings. The summed E-state index contributed by atoms with van der Waals surface area (Å²) in [5.74, 6) is -0.288. The summed E-state index contributed by atoms with van der Waals surface area (Å²) in [6, 6.07) is 0. The molecule has 2 atom stereocenters. The van der Waals surface area contributed by atoms with E-state index in [-0.39, 0.29) is 11.9 Å². The topological polar surface area (TPSA) is 65.1 Å². The summed E-state index contributed by atoms with van der Waals surface area (Å²) < 4.78 is 5.22. The molecule has 0 saturated carbocycles. The van der Waals surface area contributed by atoms with Crippen LogP contribution in [0.3, 0.4) is 0 Å². The van der Waals surface area contributed by atoms with Crippen molar-refractivity contribution in [2.75, 3.05) is 6.54 Å². The van der Waals surface area contributed by atoms with E-state index >= 15 is 0 Å². The second kappa shape index (κ2) is 5.93. The number of fused-ring (bicyclic) bond motifs is 2. The lowest BCUT2D eigenvalue weighted by Gasteiger charge is -2.39. The third-order valence-electron chi connectivity index (χ3n) is 2.99. The van der Waals surface area contributed by atoms with Crippen LogP contribution in [-0.2, 0) is 24.1 Å². The van der Waals surface area contributed by atoms with Gasteiger partial charge in [-0.15, -0.1) is 0 Å². The summed E-state index contributed by atoms with van der Waals surface area (Å²) in [5.41, 5.74) is -0.449. The molecule has 3 aliphatic rings. The molecule has 2 bridgehead atoms. The van der Waals surface area contributed by atoms with Crippen LogP contribution in [0, 0.1) is 0 Å². The number of carbonyl (C=O) groups is 2. The zero-order valence-corrected chi connectivity index (χ0v) is 12.1. The maximum absolute atomic E-state index is 11.9. The van der Waals surface area contributed by atoms with Crippen LogP contribution in [0.1, 0.15) is 40.0 Å². The summed E-state index contributed by atoms with van der Waals surface area (Å²) in [4.78, 5) is 34.9. The first-order valence-corrected chi connectivity index (χ1v) is 6.89. The van der Waals surface area contributed by atoms with Crippen LogP contribution in [0.4, 0.5) is 0 Å². The van der Waals surface area contributed by atoms with Crippen molar-refractivity contribution in [3.63, 3.8) is 0 Å². The Hall–Kier alpha value is -1.40. The number of hydrogen-bond donors (Lipinski definition) is 0. The number of rotatable bonds is 5. The molecule has 0 aromatic carbocycles. The normalized spacial score (nSPS) is 25.1. The standard InChI is InChI=1S/C14H21NO5/c1-14(2,3)18-12(16)6-4-5-9-15-11-8-7-10(13(15)17)19-20-11/h7-8,10-11H,4-6,9H2,1-3H3. The van der Waals surface area contributed by atoms with Gasteiger partial charge in [0.25, 0.3) is 5.91 Å². The Kier molecular flexibility index (Phi) is 4.45. The van der Waals surface area contributed by atoms with E-state index < -0.39 is 17.9 Å². The van der Waals surface area contributed by atoms with E-state index in [1.807, 2.05) is 26.8 Å². The Bertz CT molecular complexity index is 412.